The van der Waals surface area contributed by atoms with Crippen LogP contribution in [-0.2, 0) is 0 Å². The number of benzene rings is 2. The summed E-state index contributed by atoms with van der Waals surface area (Å²) in [6.45, 7) is 0. The van der Waals surface area contributed by atoms with Crippen molar-refractivity contribution in [1.82, 2.24) is 0 Å². The molecule has 3 aromatic rings. The van der Waals surface area contributed by atoms with Crippen molar-refractivity contribution in [2.24, 2.45) is 0 Å². The molecule has 0 heterocycles. The van der Waals surface area contributed by atoms with Gasteiger partial charge in [-0.25, -0.2) is 0 Å². The minimum absolute atomic E-state index is 0.0665. The van der Waals surface area contributed by atoms with Crippen LogP contribution < -0.4 is 5.43 Å². The first-order valence-corrected chi connectivity index (χ1v) is 4.55. The molecule has 0 radical (unpaired) electrons. The molecule has 64 valence electrons. The van der Waals surface area contributed by atoms with Gasteiger partial charge in [-0.1, -0.05) is 0 Å². The van der Waals surface area contributed by atoms with Crippen LogP contribution in [0.5, 0.6) is 0 Å². The maximum atomic E-state index is 11.8. The van der Waals surface area contributed by atoms with E-state index in [0.717, 1.165) is 21.5 Å². The second-order valence-electron chi connectivity index (χ2n) is 3.52. The molecule has 0 bridgehead atoms. The molecule has 0 aliphatic heterocycles. The predicted octanol–water partition coefficient (Wildman–Crippen LogP) is 1.66. The average Bonchev–Trinajstić information content (AvgIpc) is 2.47. The van der Waals surface area contributed by atoms with Crippen LogP contribution in [0.25, 0.3) is 21.5 Å². The van der Waals surface area contributed by atoms with Gasteiger partial charge in [0.05, 0.1) is 0 Å². The third-order valence-electron chi connectivity index (χ3n) is 2.75. The molecule has 1 nitrogen and oxygen atoms in total. The molecule has 14 heavy (non-hydrogen) atoms. The van der Waals surface area contributed by atoms with E-state index in [-0.39, 0.29) is 5.43 Å². The molecule has 0 aliphatic carbocycles. The van der Waals surface area contributed by atoms with E-state index in [2.05, 4.69) is 7.49 Å². The van der Waals surface area contributed by atoms with Crippen LogP contribution in [0.15, 0.2) is 41.2 Å². The Hall–Kier alpha value is -1.70. The molecule has 0 fully saturated rings. The minimum atomic E-state index is 0.0665. The Morgan fingerprint density at radius 2 is 1.57 bits per heavy atom. The van der Waals surface area contributed by atoms with Crippen molar-refractivity contribution in [2.45, 2.75) is 0 Å². The van der Waals surface area contributed by atoms with Crippen molar-refractivity contribution >= 4 is 29.0 Å². The van der Waals surface area contributed by atoms with Crippen LogP contribution in [0.1, 0.15) is 0 Å². The standard InChI is InChI=1S/C12H7BO/c13-11-8-5-1-3-7-4-2-6-9(10(7)8)12(11)14/h1-6,13H. The van der Waals surface area contributed by atoms with Crippen molar-refractivity contribution in [1.29, 1.82) is 0 Å². The Morgan fingerprint density at radius 1 is 0.929 bits per heavy atom. The van der Waals surface area contributed by atoms with E-state index in [4.69, 9.17) is 0 Å². The molecule has 0 atom stereocenters. The van der Waals surface area contributed by atoms with Crippen LogP contribution in [-0.4, -0.2) is 7.49 Å². The fourth-order valence-electron chi connectivity index (χ4n) is 2.07. The SMILES string of the molecule is B=c1c(=O)c2cccc3cccc1c32. The summed E-state index contributed by atoms with van der Waals surface area (Å²) in [5, 5.41) is 4.58. The number of hydrogen-bond acceptors (Lipinski definition) is 1. The molecule has 0 aliphatic rings. The van der Waals surface area contributed by atoms with E-state index < -0.39 is 0 Å². The Balaban J connectivity index is 2.91. The molecule has 0 N–H and O–H groups in total. The summed E-state index contributed by atoms with van der Waals surface area (Å²) in [6, 6.07) is 11.7. The van der Waals surface area contributed by atoms with Crippen LogP contribution in [0, 0.1) is 5.11 Å². The van der Waals surface area contributed by atoms with E-state index in [0.29, 0.717) is 5.11 Å². The van der Waals surface area contributed by atoms with Crippen molar-refractivity contribution in [2.75, 3.05) is 0 Å². The maximum absolute atomic E-state index is 11.8. The molecule has 0 unspecified atom stereocenters. The third-order valence-corrected chi connectivity index (χ3v) is 2.75. The summed E-state index contributed by atoms with van der Waals surface area (Å²) in [5.41, 5.74) is 0.0665. The zero-order valence-electron chi connectivity index (χ0n) is 7.58. The topological polar surface area (TPSA) is 17.1 Å². The first kappa shape index (κ1) is 7.68. The van der Waals surface area contributed by atoms with Gasteiger partial charge in [0.1, 0.15) is 0 Å². The van der Waals surface area contributed by atoms with Gasteiger partial charge >= 0.3 is 80.8 Å². The summed E-state index contributed by atoms with van der Waals surface area (Å²) in [7, 11) is 3.83. The first-order valence-electron chi connectivity index (χ1n) is 4.55. The normalized spacial score (nSPS) is 11.4. The van der Waals surface area contributed by atoms with Crippen LogP contribution in [0.4, 0.5) is 0 Å². The Kier molecular flexibility index (Phi) is 1.32. The second kappa shape index (κ2) is 2.41. The zero-order chi connectivity index (χ0) is 9.71. The van der Waals surface area contributed by atoms with Crippen molar-refractivity contribution in [3.63, 3.8) is 0 Å². The van der Waals surface area contributed by atoms with Gasteiger partial charge in [-0.15, -0.1) is 0 Å². The van der Waals surface area contributed by atoms with E-state index in [9.17, 15) is 4.79 Å². The Morgan fingerprint density at radius 3 is 2.29 bits per heavy atom. The van der Waals surface area contributed by atoms with Crippen molar-refractivity contribution in [3.8, 4) is 0 Å². The Bertz CT molecular complexity index is 659. The van der Waals surface area contributed by atoms with Gasteiger partial charge in [0.25, 0.3) is 0 Å². The third kappa shape index (κ3) is 0.758. The molecule has 0 spiro atoms. The van der Waals surface area contributed by atoms with E-state index >= 15 is 0 Å². The van der Waals surface area contributed by atoms with Gasteiger partial charge in [-0.3, -0.25) is 0 Å². The quantitative estimate of drug-likeness (QED) is 0.478. The summed E-state index contributed by atoms with van der Waals surface area (Å²) < 4.78 is 0. The predicted molar refractivity (Wildman–Crippen MR) is 60.5 cm³/mol. The summed E-state index contributed by atoms with van der Waals surface area (Å²) in [4.78, 5) is 11.8. The first-order chi connectivity index (χ1) is 6.79. The zero-order valence-corrected chi connectivity index (χ0v) is 7.58. The monoisotopic (exact) mass is 178 g/mol. The molecule has 0 saturated heterocycles. The number of hydrogen-bond donors (Lipinski definition) is 0. The second-order valence-corrected chi connectivity index (χ2v) is 3.52. The Labute approximate surface area is 81.4 Å². The van der Waals surface area contributed by atoms with E-state index in [1.165, 1.54) is 0 Å². The fraction of sp³-hybridized carbons (Fsp3) is 0. The van der Waals surface area contributed by atoms with E-state index in [1.807, 2.05) is 36.4 Å². The molecule has 0 aromatic heterocycles. The summed E-state index contributed by atoms with van der Waals surface area (Å²) >= 11 is 0. The van der Waals surface area contributed by atoms with E-state index in [1.54, 1.807) is 0 Å². The molecule has 3 aromatic carbocycles. The van der Waals surface area contributed by atoms with Gasteiger partial charge in [0.2, 0.25) is 0 Å². The van der Waals surface area contributed by atoms with Crippen molar-refractivity contribution < 1.29 is 0 Å². The van der Waals surface area contributed by atoms with Gasteiger partial charge in [0.15, 0.2) is 0 Å². The molecule has 3 rings (SSSR count). The summed E-state index contributed by atoms with van der Waals surface area (Å²) in [5.74, 6) is 0. The van der Waals surface area contributed by atoms with Gasteiger partial charge in [-0.2, -0.15) is 0 Å². The van der Waals surface area contributed by atoms with Gasteiger partial charge in [0, 0.05) is 0 Å². The van der Waals surface area contributed by atoms with Crippen LogP contribution in [0.2, 0.25) is 0 Å². The van der Waals surface area contributed by atoms with Crippen LogP contribution in [0.3, 0.4) is 0 Å². The molecule has 2 heteroatoms. The van der Waals surface area contributed by atoms with Gasteiger partial charge in [-0.05, 0) is 0 Å². The molecule has 0 amide bonds. The van der Waals surface area contributed by atoms with Gasteiger partial charge < -0.3 is 0 Å². The molecular formula is C12H7BO. The summed E-state index contributed by atoms with van der Waals surface area (Å²) in [6.07, 6.45) is 0. The average molecular weight is 178 g/mol. The van der Waals surface area contributed by atoms with Crippen molar-refractivity contribution in [3.05, 3.63) is 51.7 Å². The number of rotatable bonds is 0. The van der Waals surface area contributed by atoms with Crippen LogP contribution >= 0.6 is 0 Å². The molecular weight excluding hydrogens is 171 g/mol. The fourth-order valence-corrected chi connectivity index (χ4v) is 2.07. The molecule has 0 saturated carbocycles.